The van der Waals surface area contributed by atoms with Gasteiger partial charge < -0.3 is 9.47 Å². The molecule has 0 aromatic heterocycles. The topological polar surface area (TPSA) is 47.6 Å². The SMILES string of the molecule is CCCOc1ccc(C(NC(C)C)C(=O)OC)cc1. The molecule has 1 aromatic rings. The zero-order chi connectivity index (χ0) is 14.3. The number of methoxy groups -OCH3 is 1. The number of rotatable bonds is 7. The highest BCUT2D eigenvalue weighted by Gasteiger charge is 2.21. The van der Waals surface area contributed by atoms with E-state index >= 15 is 0 Å². The Labute approximate surface area is 115 Å². The van der Waals surface area contributed by atoms with Crippen LogP contribution in [0.15, 0.2) is 24.3 Å². The number of esters is 1. The van der Waals surface area contributed by atoms with E-state index in [1.165, 1.54) is 7.11 Å². The van der Waals surface area contributed by atoms with Crippen LogP contribution in [0.25, 0.3) is 0 Å². The van der Waals surface area contributed by atoms with E-state index < -0.39 is 6.04 Å². The maximum atomic E-state index is 11.8. The highest BCUT2D eigenvalue weighted by Crippen LogP contribution is 2.19. The second kappa shape index (κ2) is 7.79. The first-order valence-electron chi connectivity index (χ1n) is 6.65. The number of hydrogen-bond acceptors (Lipinski definition) is 4. The van der Waals surface area contributed by atoms with Gasteiger partial charge in [0.1, 0.15) is 11.8 Å². The molecule has 0 bridgehead atoms. The lowest BCUT2D eigenvalue weighted by Gasteiger charge is -2.19. The number of hydrogen-bond donors (Lipinski definition) is 1. The zero-order valence-electron chi connectivity index (χ0n) is 12.1. The first-order chi connectivity index (χ1) is 9.08. The Kier molecular flexibility index (Phi) is 6.36. The summed E-state index contributed by atoms with van der Waals surface area (Å²) in [5.74, 6) is 0.537. The Morgan fingerprint density at radius 3 is 2.37 bits per heavy atom. The Morgan fingerprint density at radius 1 is 1.26 bits per heavy atom. The summed E-state index contributed by atoms with van der Waals surface area (Å²) >= 11 is 0. The van der Waals surface area contributed by atoms with Crippen molar-refractivity contribution in [3.8, 4) is 5.75 Å². The molecule has 19 heavy (non-hydrogen) atoms. The molecule has 0 amide bonds. The van der Waals surface area contributed by atoms with Crippen LogP contribution in [0.1, 0.15) is 38.8 Å². The van der Waals surface area contributed by atoms with Gasteiger partial charge in [0, 0.05) is 6.04 Å². The molecule has 1 atom stereocenters. The second-order valence-corrected chi connectivity index (χ2v) is 4.70. The summed E-state index contributed by atoms with van der Waals surface area (Å²) in [6.07, 6.45) is 0.974. The molecule has 106 valence electrons. The van der Waals surface area contributed by atoms with Gasteiger partial charge in [0.15, 0.2) is 0 Å². The van der Waals surface area contributed by atoms with Crippen LogP contribution in [-0.4, -0.2) is 25.7 Å². The molecular formula is C15H23NO3. The number of nitrogens with one attached hydrogen (secondary N) is 1. The Bertz CT molecular complexity index is 387. The maximum absolute atomic E-state index is 11.8. The highest BCUT2D eigenvalue weighted by atomic mass is 16.5. The van der Waals surface area contributed by atoms with E-state index in [4.69, 9.17) is 9.47 Å². The van der Waals surface area contributed by atoms with Gasteiger partial charge in [0.2, 0.25) is 0 Å². The van der Waals surface area contributed by atoms with Crippen LogP contribution in [0.4, 0.5) is 0 Å². The Hall–Kier alpha value is -1.55. The zero-order valence-corrected chi connectivity index (χ0v) is 12.1. The fraction of sp³-hybridized carbons (Fsp3) is 0.533. The highest BCUT2D eigenvalue weighted by molar-refractivity contribution is 5.77. The minimum absolute atomic E-state index is 0.195. The monoisotopic (exact) mass is 265 g/mol. The molecule has 4 nitrogen and oxygen atoms in total. The van der Waals surface area contributed by atoms with Gasteiger partial charge in [-0.25, -0.2) is 4.79 Å². The molecule has 1 N–H and O–H groups in total. The molecule has 1 unspecified atom stereocenters. The number of carbonyl (C=O) groups is 1. The molecule has 0 fully saturated rings. The van der Waals surface area contributed by atoms with Crippen LogP contribution < -0.4 is 10.1 Å². The van der Waals surface area contributed by atoms with Gasteiger partial charge in [-0.1, -0.05) is 19.1 Å². The molecule has 0 aliphatic rings. The van der Waals surface area contributed by atoms with Gasteiger partial charge in [0.25, 0.3) is 0 Å². The quantitative estimate of drug-likeness (QED) is 0.770. The average Bonchev–Trinajstić information content (AvgIpc) is 2.42. The van der Waals surface area contributed by atoms with E-state index in [-0.39, 0.29) is 12.0 Å². The standard InChI is InChI=1S/C15H23NO3/c1-5-10-19-13-8-6-12(7-9-13)14(15(17)18-4)16-11(2)3/h6-9,11,14,16H,5,10H2,1-4H3. The fourth-order valence-electron chi connectivity index (χ4n) is 1.73. The first kappa shape index (κ1) is 15.5. The van der Waals surface area contributed by atoms with E-state index in [1.54, 1.807) is 0 Å². The van der Waals surface area contributed by atoms with Crippen molar-refractivity contribution in [2.45, 2.75) is 39.3 Å². The Balaban J connectivity index is 2.81. The molecule has 1 rings (SSSR count). The van der Waals surface area contributed by atoms with E-state index in [1.807, 2.05) is 38.1 Å². The van der Waals surface area contributed by atoms with Crippen molar-refractivity contribution in [3.05, 3.63) is 29.8 Å². The summed E-state index contributed by atoms with van der Waals surface area (Å²) in [5, 5.41) is 3.19. The predicted molar refractivity (Wildman–Crippen MR) is 75.3 cm³/mol. The lowest BCUT2D eigenvalue weighted by atomic mass is 10.1. The first-order valence-corrected chi connectivity index (χ1v) is 6.65. The molecule has 0 radical (unpaired) electrons. The Morgan fingerprint density at radius 2 is 1.89 bits per heavy atom. The van der Waals surface area contributed by atoms with E-state index in [0.29, 0.717) is 6.61 Å². The lowest BCUT2D eigenvalue weighted by molar-refractivity contribution is -0.143. The molecule has 0 saturated carbocycles. The largest absolute Gasteiger partial charge is 0.494 e. The van der Waals surface area contributed by atoms with Crippen molar-refractivity contribution in [2.24, 2.45) is 0 Å². The van der Waals surface area contributed by atoms with Crippen LogP contribution in [0.5, 0.6) is 5.75 Å². The third-order valence-corrected chi connectivity index (χ3v) is 2.62. The van der Waals surface area contributed by atoms with Crippen molar-refractivity contribution in [2.75, 3.05) is 13.7 Å². The summed E-state index contributed by atoms with van der Waals surface area (Å²) in [7, 11) is 1.40. The van der Waals surface area contributed by atoms with Gasteiger partial charge >= 0.3 is 5.97 Å². The summed E-state index contributed by atoms with van der Waals surface area (Å²) in [6, 6.07) is 7.29. The smallest absolute Gasteiger partial charge is 0.327 e. The molecule has 4 heteroatoms. The van der Waals surface area contributed by atoms with Crippen LogP contribution >= 0.6 is 0 Å². The van der Waals surface area contributed by atoms with Crippen LogP contribution in [0.3, 0.4) is 0 Å². The molecule has 0 aliphatic heterocycles. The number of ether oxygens (including phenoxy) is 2. The molecule has 0 aliphatic carbocycles. The van der Waals surface area contributed by atoms with E-state index in [9.17, 15) is 4.79 Å². The van der Waals surface area contributed by atoms with Crippen LogP contribution in [-0.2, 0) is 9.53 Å². The second-order valence-electron chi connectivity index (χ2n) is 4.70. The van der Waals surface area contributed by atoms with E-state index in [2.05, 4.69) is 12.2 Å². The van der Waals surface area contributed by atoms with Crippen molar-refractivity contribution in [1.82, 2.24) is 5.32 Å². The van der Waals surface area contributed by atoms with Crippen molar-refractivity contribution in [1.29, 1.82) is 0 Å². The normalized spacial score (nSPS) is 12.3. The maximum Gasteiger partial charge on any atom is 0.327 e. The lowest BCUT2D eigenvalue weighted by Crippen LogP contribution is -2.34. The molecular weight excluding hydrogens is 242 g/mol. The summed E-state index contributed by atoms with van der Waals surface area (Å²) < 4.78 is 10.4. The van der Waals surface area contributed by atoms with Gasteiger partial charge in [-0.3, -0.25) is 5.32 Å². The third kappa shape index (κ3) is 4.91. The summed E-state index contributed by atoms with van der Waals surface area (Å²) in [6.45, 7) is 6.75. The van der Waals surface area contributed by atoms with Crippen molar-refractivity contribution < 1.29 is 14.3 Å². The summed E-state index contributed by atoms with van der Waals surface area (Å²) in [5.41, 5.74) is 0.879. The average molecular weight is 265 g/mol. The van der Waals surface area contributed by atoms with Gasteiger partial charge in [-0.15, -0.1) is 0 Å². The van der Waals surface area contributed by atoms with Crippen LogP contribution in [0, 0.1) is 0 Å². The van der Waals surface area contributed by atoms with Gasteiger partial charge in [-0.2, -0.15) is 0 Å². The van der Waals surface area contributed by atoms with Gasteiger partial charge in [0.05, 0.1) is 13.7 Å². The number of carbonyl (C=O) groups excluding carboxylic acids is 1. The summed E-state index contributed by atoms with van der Waals surface area (Å²) in [4.78, 5) is 11.8. The van der Waals surface area contributed by atoms with Crippen molar-refractivity contribution >= 4 is 5.97 Å². The van der Waals surface area contributed by atoms with Crippen LogP contribution in [0.2, 0.25) is 0 Å². The van der Waals surface area contributed by atoms with Crippen molar-refractivity contribution in [3.63, 3.8) is 0 Å². The minimum Gasteiger partial charge on any atom is -0.494 e. The molecule has 0 saturated heterocycles. The third-order valence-electron chi connectivity index (χ3n) is 2.62. The van der Waals surface area contributed by atoms with E-state index in [0.717, 1.165) is 17.7 Å². The van der Waals surface area contributed by atoms with Gasteiger partial charge in [-0.05, 0) is 38.0 Å². The molecule has 1 aromatic carbocycles. The fourth-order valence-corrected chi connectivity index (χ4v) is 1.73. The predicted octanol–water partition coefficient (Wildman–Crippen LogP) is 2.69. The minimum atomic E-state index is -0.440. The molecule has 0 spiro atoms. The molecule has 0 heterocycles. The number of benzene rings is 1.